The topological polar surface area (TPSA) is 110 Å². The maximum atomic E-state index is 8.81. The molecule has 1 unspecified atom stereocenters. The predicted molar refractivity (Wildman–Crippen MR) is 60.1 cm³/mol. The lowest BCUT2D eigenvalue weighted by Crippen LogP contribution is -2.36. The Bertz CT molecular complexity index is 338. The van der Waals surface area contributed by atoms with Crippen molar-refractivity contribution < 1.29 is 0 Å². The predicted octanol–water partition coefficient (Wildman–Crippen LogP) is 1.13. The summed E-state index contributed by atoms with van der Waals surface area (Å²) in [6.45, 7) is 2.59. The number of hydrogen-bond donors (Lipinski definition) is 1. The van der Waals surface area contributed by atoms with Crippen LogP contribution in [0.5, 0.6) is 0 Å². The van der Waals surface area contributed by atoms with E-state index in [0.29, 0.717) is 6.54 Å². The van der Waals surface area contributed by atoms with Gasteiger partial charge in [0, 0.05) is 6.54 Å². The van der Waals surface area contributed by atoms with Crippen LogP contribution in [0.3, 0.4) is 0 Å². The number of rotatable bonds is 6. The van der Waals surface area contributed by atoms with Gasteiger partial charge in [0.25, 0.3) is 0 Å². The number of nitriles is 3. The molecule has 0 spiro atoms. The Morgan fingerprint density at radius 2 is 1.88 bits per heavy atom. The van der Waals surface area contributed by atoms with Crippen molar-refractivity contribution in [2.45, 2.75) is 32.2 Å². The van der Waals surface area contributed by atoms with Crippen molar-refractivity contribution >= 4 is 5.71 Å². The maximum Gasteiger partial charge on any atom is 0.154 e. The number of hydrogen-bond acceptors (Lipinski definition) is 5. The van der Waals surface area contributed by atoms with Gasteiger partial charge in [-0.25, -0.2) is 0 Å². The first-order valence-electron chi connectivity index (χ1n) is 5.20. The Labute approximate surface area is 95.8 Å². The average molecular weight is 217 g/mol. The first-order chi connectivity index (χ1) is 7.71. The standard InChI is InChI=1S/C11H15N5/c1-2-3-4-5-16-10(8-14)11(15)9(6-12)7-13/h9,11H,2-5,15H2,1H3. The van der Waals surface area contributed by atoms with Crippen LogP contribution in [0.1, 0.15) is 26.2 Å². The molecular weight excluding hydrogens is 202 g/mol. The van der Waals surface area contributed by atoms with E-state index in [0.717, 1.165) is 19.3 Å². The van der Waals surface area contributed by atoms with Crippen molar-refractivity contribution in [1.29, 1.82) is 15.8 Å². The van der Waals surface area contributed by atoms with Crippen LogP contribution < -0.4 is 5.73 Å². The number of nitrogens with zero attached hydrogens (tertiary/aromatic N) is 4. The molecule has 0 amide bonds. The molecule has 0 rings (SSSR count). The minimum Gasteiger partial charge on any atom is -0.320 e. The van der Waals surface area contributed by atoms with Crippen molar-refractivity contribution in [3.8, 4) is 18.2 Å². The van der Waals surface area contributed by atoms with Crippen LogP contribution in [-0.2, 0) is 0 Å². The third kappa shape index (κ3) is 4.55. The molecular formula is C11H15N5. The zero-order valence-corrected chi connectivity index (χ0v) is 9.35. The molecule has 0 radical (unpaired) electrons. The average Bonchev–Trinajstić information content (AvgIpc) is 2.30. The molecule has 0 saturated carbocycles. The molecule has 0 bridgehead atoms. The van der Waals surface area contributed by atoms with Gasteiger partial charge in [-0.1, -0.05) is 19.8 Å². The summed E-state index contributed by atoms with van der Waals surface area (Å²) in [5.74, 6) is -1.01. The van der Waals surface area contributed by atoms with Crippen LogP contribution in [0, 0.1) is 39.9 Å². The third-order valence-corrected chi connectivity index (χ3v) is 2.11. The van der Waals surface area contributed by atoms with Crippen LogP contribution in [-0.4, -0.2) is 18.3 Å². The van der Waals surface area contributed by atoms with Gasteiger partial charge in [-0.05, 0) is 6.42 Å². The molecule has 0 aliphatic heterocycles. The first kappa shape index (κ1) is 14.1. The summed E-state index contributed by atoms with van der Waals surface area (Å²) in [4.78, 5) is 4.02. The fourth-order valence-corrected chi connectivity index (χ4v) is 1.12. The van der Waals surface area contributed by atoms with E-state index in [-0.39, 0.29) is 5.71 Å². The minimum atomic E-state index is -1.01. The molecule has 5 nitrogen and oxygen atoms in total. The number of aliphatic imine (C=N–C) groups is 1. The van der Waals surface area contributed by atoms with Gasteiger partial charge < -0.3 is 5.73 Å². The summed E-state index contributed by atoms with van der Waals surface area (Å²) in [5.41, 5.74) is 5.70. The highest BCUT2D eigenvalue weighted by Gasteiger charge is 2.21. The largest absolute Gasteiger partial charge is 0.320 e. The van der Waals surface area contributed by atoms with Gasteiger partial charge in [-0.15, -0.1) is 0 Å². The third-order valence-electron chi connectivity index (χ3n) is 2.11. The van der Waals surface area contributed by atoms with Crippen molar-refractivity contribution in [1.82, 2.24) is 0 Å². The van der Waals surface area contributed by atoms with Crippen LogP contribution in [0.4, 0.5) is 0 Å². The molecule has 0 aliphatic rings. The molecule has 0 aromatic heterocycles. The lowest BCUT2D eigenvalue weighted by atomic mass is 10.00. The van der Waals surface area contributed by atoms with Crippen molar-refractivity contribution in [3.05, 3.63) is 0 Å². The fraction of sp³-hybridized carbons (Fsp3) is 0.636. The molecule has 0 saturated heterocycles. The fourth-order valence-electron chi connectivity index (χ4n) is 1.12. The Morgan fingerprint density at radius 3 is 2.31 bits per heavy atom. The number of unbranched alkanes of at least 4 members (excludes halogenated alkanes) is 2. The quantitative estimate of drug-likeness (QED) is 0.531. The SMILES string of the molecule is CCCCCN=C(C#N)C(N)C(C#N)C#N. The van der Waals surface area contributed by atoms with Crippen molar-refractivity contribution in [2.75, 3.05) is 6.54 Å². The highest BCUT2D eigenvalue weighted by atomic mass is 14.8. The highest BCUT2D eigenvalue weighted by molar-refractivity contribution is 6.03. The summed E-state index contributed by atoms with van der Waals surface area (Å²) >= 11 is 0. The van der Waals surface area contributed by atoms with Gasteiger partial charge in [0.1, 0.15) is 11.8 Å². The number of nitrogens with two attached hydrogens (primary N) is 1. The van der Waals surface area contributed by atoms with Gasteiger partial charge in [0.15, 0.2) is 5.92 Å². The van der Waals surface area contributed by atoms with Gasteiger partial charge in [-0.3, -0.25) is 4.99 Å². The zero-order chi connectivity index (χ0) is 12.4. The van der Waals surface area contributed by atoms with E-state index in [4.69, 9.17) is 21.5 Å². The molecule has 84 valence electrons. The molecule has 0 aromatic carbocycles. The Morgan fingerprint density at radius 1 is 1.25 bits per heavy atom. The monoisotopic (exact) mass is 217 g/mol. The van der Waals surface area contributed by atoms with Crippen LogP contribution >= 0.6 is 0 Å². The van der Waals surface area contributed by atoms with Crippen molar-refractivity contribution in [3.63, 3.8) is 0 Å². The summed E-state index contributed by atoms with van der Waals surface area (Å²) in [7, 11) is 0. The van der Waals surface area contributed by atoms with E-state index in [2.05, 4.69) is 11.9 Å². The van der Waals surface area contributed by atoms with Crippen LogP contribution in [0.15, 0.2) is 4.99 Å². The smallest absolute Gasteiger partial charge is 0.154 e. The summed E-state index contributed by atoms with van der Waals surface area (Å²) in [5, 5.41) is 26.1. The van der Waals surface area contributed by atoms with Crippen LogP contribution in [0.25, 0.3) is 0 Å². The first-order valence-corrected chi connectivity index (χ1v) is 5.20. The second-order valence-electron chi connectivity index (χ2n) is 3.35. The second kappa shape index (κ2) is 8.41. The molecule has 0 heterocycles. The summed E-state index contributed by atoms with van der Waals surface area (Å²) in [6.07, 6.45) is 3.00. The zero-order valence-electron chi connectivity index (χ0n) is 9.35. The maximum absolute atomic E-state index is 8.81. The molecule has 0 fully saturated rings. The normalized spacial score (nSPS) is 12.6. The molecule has 16 heavy (non-hydrogen) atoms. The lowest BCUT2D eigenvalue weighted by Gasteiger charge is -2.08. The molecule has 5 heteroatoms. The summed E-state index contributed by atoms with van der Waals surface area (Å²) in [6, 6.07) is 4.45. The van der Waals surface area contributed by atoms with Crippen molar-refractivity contribution in [2.24, 2.45) is 16.6 Å². The minimum absolute atomic E-state index is 0.0872. The molecule has 1 atom stereocenters. The molecule has 0 aliphatic carbocycles. The van der Waals surface area contributed by atoms with Gasteiger partial charge >= 0.3 is 0 Å². The Kier molecular flexibility index (Phi) is 7.41. The van der Waals surface area contributed by atoms with Gasteiger partial charge in [0.2, 0.25) is 0 Å². The van der Waals surface area contributed by atoms with E-state index in [1.54, 1.807) is 12.1 Å². The van der Waals surface area contributed by atoms with E-state index in [1.807, 2.05) is 6.07 Å². The molecule has 0 aromatic rings. The van der Waals surface area contributed by atoms with Gasteiger partial charge in [-0.2, -0.15) is 15.8 Å². The Balaban J connectivity index is 4.45. The summed E-state index contributed by atoms with van der Waals surface area (Å²) < 4.78 is 0. The second-order valence-corrected chi connectivity index (χ2v) is 3.35. The van der Waals surface area contributed by atoms with E-state index in [1.165, 1.54) is 0 Å². The van der Waals surface area contributed by atoms with E-state index in [9.17, 15) is 0 Å². The van der Waals surface area contributed by atoms with E-state index >= 15 is 0 Å². The lowest BCUT2D eigenvalue weighted by molar-refractivity contribution is 0.714. The Hall–Kier alpha value is -1.90. The highest BCUT2D eigenvalue weighted by Crippen LogP contribution is 2.02. The molecule has 2 N–H and O–H groups in total. The van der Waals surface area contributed by atoms with E-state index < -0.39 is 12.0 Å². The van der Waals surface area contributed by atoms with Crippen LogP contribution in [0.2, 0.25) is 0 Å². The van der Waals surface area contributed by atoms with Gasteiger partial charge in [0.05, 0.1) is 18.2 Å².